The third kappa shape index (κ3) is 0.904. The Bertz CT molecular complexity index is 167. The number of hydrogen-bond acceptors (Lipinski definition) is 2. The zero-order valence-corrected chi connectivity index (χ0v) is 6.29. The molecule has 0 saturated heterocycles. The molecular weight excluding hydrogens is 130 g/mol. The first kappa shape index (κ1) is 7.54. The second-order valence-corrected chi connectivity index (χ2v) is 3.40. The first-order valence-corrected chi connectivity index (χ1v) is 3.50. The summed E-state index contributed by atoms with van der Waals surface area (Å²) in [7, 11) is 0. The maximum absolute atomic E-state index is 10.5. The van der Waals surface area contributed by atoms with E-state index in [4.69, 9.17) is 10.8 Å². The molecule has 1 aliphatic rings. The van der Waals surface area contributed by atoms with Gasteiger partial charge in [0.25, 0.3) is 0 Å². The van der Waals surface area contributed by atoms with Gasteiger partial charge in [0.2, 0.25) is 0 Å². The summed E-state index contributed by atoms with van der Waals surface area (Å²) in [4.78, 5) is 10.5. The fourth-order valence-electron chi connectivity index (χ4n) is 1.38. The molecule has 1 rings (SSSR count). The van der Waals surface area contributed by atoms with Crippen LogP contribution in [0.3, 0.4) is 0 Å². The lowest BCUT2D eigenvalue weighted by atomic mass is 10.1. The van der Waals surface area contributed by atoms with Crippen LogP contribution in [0, 0.1) is 11.8 Å². The minimum absolute atomic E-state index is 0.185. The molecule has 0 aromatic carbocycles. The Morgan fingerprint density at radius 2 is 2.30 bits per heavy atom. The molecule has 3 N–H and O–H groups in total. The molecule has 2 atom stereocenters. The lowest BCUT2D eigenvalue weighted by Gasteiger charge is -2.06. The van der Waals surface area contributed by atoms with E-state index in [1.54, 1.807) is 0 Å². The molecule has 58 valence electrons. The van der Waals surface area contributed by atoms with Crippen molar-refractivity contribution in [3.05, 3.63) is 0 Å². The van der Waals surface area contributed by atoms with Gasteiger partial charge >= 0.3 is 5.97 Å². The summed E-state index contributed by atoms with van der Waals surface area (Å²) in [6.07, 6.45) is 0.639. The molecular formula is C7H13NO2. The third-order valence-corrected chi connectivity index (χ3v) is 2.26. The molecule has 0 spiro atoms. The molecule has 1 aliphatic carbocycles. The van der Waals surface area contributed by atoms with Gasteiger partial charge in [-0.1, -0.05) is 13.8 Å². The van der Waals surface area contributed by atoms with Gasteiger partial charge < -0.3 is 10.8 Å². The van der Waals surface area contributed by atoms with E-state index in [1.165, 1.54) is 0 Å². The number of hydrogen-bond donors (Lipinski definition) is 2. The van der Waals surface area contributed by atoms with Gasteiger partial charge in [-0.2, -0.15) is 0 Å². The average molecular weight is 143 g/mol. The van der Waals surface area contributed by atoms with Crippen LogP contribution in [-0.4, -0.2) is 16.6 Å². The van der Waals surface area contributed by atoms with E-state index in [0.29, 0.717) is 12.3 Å². The van der Waals surface area contributed by atoms with Crippen LogP contribution in [0.15, 0.2) is 0 Å². The van der Waals surface area contributed by atoms with E-state index < -0.39 is 11.5 Å². The van der Waals surface area contributed by atoms with Crippen molar-refractivity contribution in [3.8, 4) is 0 Å². The summed E-state index contributed by atoms with van der Waals surface area (Å²) < 4.78 is 0. The normalized spacial score (nSPS) is 38.2. The van der Waals surface area contributed by atoms with Crippen molar-refractivity contribution in [1.29, 1.82) is 0 Å². The highest BCUT2D eigenvalue weighted by molar-refractivity contribution is 5.82. The van der Waals surface area contributed by atoms with Gasteiger partial charge in [0.05, 0.1) is 0 Å². The van der Waals surface area contributed by atoms with E-state index in [-0.39, 0.29) is 5.92 Å². The smallest absolute Gasteiger partial charge is 0.323 e. The second kappa shape index (κ2) is 1.95. The van der Waals surface area contributed by atoms with Crippen molar-refractivity contribution in [2.45, 2.75) is 25.8 Å². The van der Waals surface area contributed by atoms with Crippen LogP contribution in [0.5, 0.6) is 0 Å². The Kier molecular flexibility index (Phi) is 1.47. The van der Waals surface area contributed by atoms with Gasteiger partial charge in [-0.15, -0.1) is 0 Å². The Hall–Kier alpha value is -0.570. The first-order valence-electron chi connectivity index (χ1n) is 3.50. The Morgan fingerprint density at radius 3 is 2.40 bits per heavy atom. The van der Waals surface area contributed by atoms with Crippen molar-refractivity contribution in [3.63, 3.8) is 0 Å². The molecule has 0 heterocycles. The molecule has 3 nitrogen and oxygen atoms in total. The number of carboxylic acid groups (broad SMARTS) is 1. The van der Waals surface area contributed by atoms with Crippen molar-refractivity contribution in [2.24, 2.45) is 17.6 Å². The molecule has 0 bridgehead atoms. The van der Waals surface area contributed by atoms with Crippen molar-refractivity contribution < 1.29 is 9.90 Å². The van der Waals surface area contributed by atoms with Gasteiger partial charge in [0.1, 0.15) is 5.54 Å². The van der Waals surface area contributed by atoms with E-state index in [2.05, 4.69) is 0 Å². The Morgan fingerprint density at radius 1 is 1.80 bits per heavy atom. The topological polar surface area (TPSA) is 63.3 Å². The second-order valence-electron chi connectivity index (χ2n) is 3.40. The van der Waals surface area contributed by atoms with Crippen molar-refractivity contribution in [1.82, 2.24) is 0 Å². The molecule has 1 saturated carbocycles. The summed E-state index contributed by atoms with van der Waals surface area (Å²) in [5.74, 6) is -0.280. The average Bonchev–Trinajstić information content (AvgIpc) is 2.43. The highest BCUT2D eigenvalue weighted by Crippen LogP contribution is 2.46. The molecule has 0 aromatic heterocycles. The molecule has 0 aromatic rings. The highest BCUT2D eigenvalue weighted by Gasteiger charge is 2.58. The molecule has 0 amide bonds. The highest BCUT2D eigenvalue weighted by atomic mass is 16.4. The van der Waals surface area contributed by atoms with Crippen LogP contribution < -0.4 is 5.73 Å². The van der Waals surface area contributed by atoms with Crippen LogP contribution >= 0.6 is 0 Å². The van der Waals surface area contributed by atoms with Gasteiger partial charge in [0.15, 0.2) is 0 Å². The predicted octanol–water partition coefficient (Wildman–Crippen LogP) is 0.444. The monoisotopic (exact) mass is 143 g/mol. The molecule has 3 heteroatoms. The number of carbonyl (C=O) groups is 1. The zero-order valence-electron chi connectivity index (χ0n) is 6.29. The zero-order chi connectivity index (χ0) is 7.94. The fraction of sp³-hybridized carbons (Fsp3) is 0.857. The molecule has 0 aliphatic heterocycles. The largest absolute Gasteiger partial charge is 0.480 e. The van der Waals surface area contributed by atoms with E-state index in [1.807, 2.05) is 13.8 Å². The summed E-state index contributed by atoms with van der Waals surface area (Å²) in [5.41, 5.74) is 4.64. The Labute approximate surface area is 60.2 Å². The minimum atomic E-state index is -0.895. The lowest BCUT2D eigenvalue weighted by molar-refractivity contribution is -0.140. The fourth-order valence-corrected chi connectivity index (χ4v) is 1.38. The van der Waals surface area contributed by atoms with Crippen molar-refractivity contribution in [2.75, 3.05) is 0 Å². The van der Waals surface area contributed by atoms with Crippen molar-refractivity contribution >= 4 is 5.97 Å². The van der Waals surface area contributed by atoms with Crippen LogP contribution in [0.25, 0.3) is 0 Å². The molecule has 0 radical (unpaired) electrons. The predicted molar refractivity (Wildman–Crippen MR) is 37.5 cm³/mol. The van der Waals surface area contributed by atoms with Crippen LogP contribution in [0.1, 0.15) is 20.3 Å². The number of rotatable bonds is 2. The summed E-state index contributed by atoms with van der Waals surface area (Å²) >= 11 is 0. The third-order valence-electron chi connectivity index (χ3n) is 2.26. The molecule has 10 heavy (non-hydrogen) atoms. The first-order chi connectivity index (χ1) is 4.48. The number of aliphatic carboxylic acids is 1. The lowest BCUT2D eigenvalue weighted by Crippen LogP contribution is -2.36. The van der Waals surface area contributed by atoms with Gasteiger partial charge in [-0.25, -0.2) is 0 Å². The molecule has 1 fully saturated rings. The maximum Gasteiger partial charge on any atom is 0.323 e. The number of carboxylic acids is 1. The summed E-state index contributed by atoms with van der Waals surface area (Å²) in [5, 5.41) is 8.61. The van der Waals surface area contributed by atoms with Crippen LogP contribution in [0.4, 0.5) is 0 Å². The van der Waals surface area contributed by atoms with Gasteiger partial charge in [-0.3, -0.25) is 4.79 Å². The van der Waals surface area contributed by atoms with E-state index in [9.17, 15) is 4.79 Å². The SMILES string of the molecule is CC(C)[C@H]1C[C@@]1(N)C(=O)O. The standard InChI is InChI=1S/C7H13NO2/c1-4(2)5-3-7(5,8)6(9)10/h4-5H,3,8H2,1-2H3,(H,9,10)/t5-,7+/m1/s1. The van der Waals surface area contributed by atoms with E-state index >= 15 is 0 Å². The molecule has 0 unspecified atom stereocenters. The van der Waals surface area contributed by atoms with Gasteiger partial charge in [0, 0.05) is 0 Å². The van der Waals surface area contributed by atoms with E-state index in [0.717, 1.165) is 0 Å². The quantitative estimate of drug-likeness (QED) is 0.589. The summed E-state index contributed by atoms with van der Waals surface area (Å²) in [6.45, 7) is 4.00. The maximum atomic E-state index is 10.5. The van der Waals surface area contributed by atoms with Crippen LogP contribution in [-0.2, 0) is 4.79 Å². The van der Waals surface area contributed by atoms with Gasteiger partial charge in [-0.05, 0) is 18.3 Å². The summed E-state index contributed by atoms with van der Waals surface area (Å²) in [6, 6.07) is 0. The number of nitrogens with two attached hydrogens (primary N) is 1. The Balaban J connectivity index is 2.56. The minimum Gasteiger partial charge on any atom is -0.480 e. The van der Waals surface area contributed by atoms with Crippen LogP contribution in [0.2, 0.25) is 0 Å².